The fraction of sp³-hybridized carbons (Fsp3) is 0.625. The van der Waals surface area contributed by atoms with Gasteiger partial charge in [-0.1, -0.05) is 11.6 Å². The van der Waals surface area contributed by atoms with Crippen LogP contribution in [0.5, 0.6) is 0 Å². The molecule has 0 aromatic heterocycles. The van der Waals surface area contributed by atoms with E-state index in [2.05, 4.69) is 30.6 Å². The molecule has 0 aromatic rings. The summed E-state index contributed by atoms with van der Waals surface area (Å²) in [6.07, 6.45) is 7.44. The Balaban J connectivity index is 1.85. The van der Waals surface area contributed by atoms with Crippen molar-refractivity contribution in [1.29, 1.82) is 0 Å². The van der Waals surface area contributed by atoms with E-state index >= 15 is 0 Å². The fourth-order valence-electron chi connectivity index (χ4n) is 4.42. The van der Waals surface area contributed by atoms with Crippen LogP contribution in [0.2, 0.25) is 0 Å². The van der Waals surface area contributed by atoms with E-state index in [4.69, 9.17) is 0 Å². The van der Waals surface area contributed by atoms with E-state index in [1.165, 1.54) is 31.4 Å². The quantitative estimate of drug-likeness (QED) is 0.682. The minimum Gasteiger partial charge on any atom is -0.381 e. The number of allylic oxidation sites excluding steroid dienone is 2. The molecule has 3 unspecified atom stereocenters. The molecule has 3 atom stereocenters. The maximum atomic E-state index is 3.74. The molecule has 0 amide bonds. The van der Waals surface area contributed by atoms with Crippen molar-refractivity contribution < 1.29 is 0 Å². The van der Waals surface area contributed by atoms with Gasteiger partial charge < -0.3 is 10.6 Å². The second-order valence-electron chi connectivity index (χ2n) is 6.36. The third-order valence-electron chi connectivity index (χ3n) is 5.14. The monoisotopic (exact) mass is 242 g/mol. The number of fused-ring (bicyclic) bond motifs is 1. The minimum absolute atomic E-state index is 0.639. The molecule has 1 fully saturated rings. The van der Waals surface area contributed by atoms with Crippen molar-refractivity contribution >= 4 is 0 Å². The zero-order valence-corrected chi connectivity index (χ0v) is 11.3. The maximum absolute atomic E-state index is 3.74. The van der Waals surface area contributed by atoms with Crippen molar-refractivity contribution in [2.75, 3.05) is 6.54 Å². The highest BCUT2D eigenvalue weighted by Gasteiger charge is 2.39. The Hall–Kier alpha value is -1.02. The summed E-state index contributed by atoms with van der Waals surface area (Å²) >= 11 is 0. The summed E-state index contributed by atoms with van der Waals surface area (Å²) in [6, 6.07) is 1.28. The number of nitrogens with one attached hydrogen (secondary N) is 2. The van der Waals surface area contributed by atoms with Gasteiger partial charge >= 0.3 is 0 Å². The van der Waals surface area contributed by atoms with Gasteiger partial charge in [0.25, 0.3) is 0 Å². The first-order valence-electron chi connectivity index (χ1n) is 7.39. The van der Waals surface area contributed by atoms with Crippen molar-refractivity contribution in [3.63, 3.8) is 0 Å². The van der Waals surface area contributed by atoms with Gasteiger partial charge in [0.1, 0.15) is 0 Å². The molecule has 2 N–H and O–H groups in total. The smallest absolute Gasteiger partial charge is 0.0378 e. The minimum atomic E-state index is 0.639. The summed E-state index contributed by atoms with van der Waals surface area (Å²) in [5, 5.41) is 7.34. The predicted molar refractivity (Wildman–Crippen MR) is 74.2 cm³/mol. The van der Waals surface area contributed by atoms with Crippen molar-refractivity contribution in [2.24, 2.45) is 5.92 Å². The highest BCUT2D eigenvalue weighted by molar-refractivity contribution is 5.60. The number of hydrogen-bond donors (Lipinski definition) is 2. The molecular formula is C16H22N2. The number of piperidine rings is 1. The van der Waals surface area contributed by atoms with Crippen LogP contribution in [0.3, 0.4) is 0 Å². The van der Waals surface area contributed by atoms with Crippen molar-refractivity contribution in [2.45, 2.75) is 51.6 Å². The van der Waals surface area contributed by atoms with Gasteiger partial charge in [-0.3, -0.25) is 0 Å². The summed E-state index contributed by atoms with van der Waals surface area (Å²) in [5.74, 6) is 0.759. The Kier molecular flexibility index (Phi) is 2.25. The molecule has 0 spiro atoms. The van der Waals surface area contributed by atoms with E-state index in [0.29, 0.717) is 12.1 Å². The number of hydrogen-bond acceptors (Lipinski definition) is 2. The zero-order valence-electron chi connectivity index (χ0n) is 11.3. The van der Waals surface area contributed by atoms with Crippen LogP contribution in [-0.4, -0.2) is 18.6 Å². The normalized spacial score (nSPS) is 38.1. The van der Waals surface area contributed by atoms with E-state index in [0.717, 1.165) is 12.5 Å². The van der Waals surface area contributed by atoms with Crippen LogP contribution in [0.15, 0.2) is 34.1 Å². The van der Waals surface area contributed by atoms with Crippen LogP contribution in [0, 0.1) is 5.92 Å². The van der Waals surface area contributed by atoms with E-state index in [1.807, 2.05) is 0 Å². The van der Waals surface area contributed by atoms with Gasteiger partial charge in [0, 0.05) is 29.9 Å². The Bertz CT molecular complexity index is 495. The highest BCUT2D eigenvalue weighted by atomic mass is 15.0. The lowest BCUT2D eigenvalue weighted by molar-refractivity contribution is 0.312. The molecule has 4 aliphatic rings. The molecule has 2 heteroatoms. The van der Waals surface area contributed by atoms with Gasteiger partial charge in [-0.2, -0.15) is 0 Å². The van der Waals surface area contributed by atoms with Gasteiger partial charge in [-0.25, -0.2) is 0 Å². The second-order valence-corrected chi connectivity index (χ2v) is 6.36. The van der Waals surface area contributed by atoms with E-state index in [-0.39, 0.29) is 0 Å². The Morgan fingerprint density at radius 3 is 3.00 bits per heavy atom. The first kappa shape index (κ1) is 10.9. The van der Waals surface area contributed by atoms with Gasteiger partial charge in [0.05, 0.1) is 0 Å². The second kappa shape index (κ2) is 3.74. The first-order chi connectivity index (χ1) is 8.74. The van der Waals surface area contributed by atoms with Crippen LogP contribution in [-0.2, 0) is 0 Å². The van der Waals surface area contributed by atoms with E-state index in [9.17, 15) is 0 Å². The van der Waals surface area contributed by atoms with E-state index < -0.39 is 0 Å². The lowest BCUT2D eigenvalue weighted by atomic mass is 9.70. The van der Waals surface area contributed by atoms with Crippen molar-refractivity contribution in [1.82, 2.24) is 10.6 Å². The highest BCUT2D eigenvalue weighted by Crippen LogP contribution is 2.47. The molecule has 0 bridgehead atoms. The molecule has 18 heavy (non-hydrogen) atoms. The average Bonchev–Trinajstić information content (AvgIpc) is 2.76. The van der Waals surface area contributed by atoms with Crippen LogP contribution in [0.4, 0.5) is 0 Å². The summed E-state index contributed by atoms with van der Waals surface area (Å²) in [6.45, 7) is 5.79. The molecular weight excluding hydrogens is 220 g/mol. The molecule has 2 nitrogen and oxygen atoms in total. The predicted octanol–water partition coefficient (Wildman–Crippen LogP) is 2.65. The molecule has 0 aromatic carbocycles. The van der Waals surface area contributed by atoms with Gasteiger partial charge in [0.15, 0.2) is 0 Å². The van der Waals surface area contributed by atoms with Crippen LogP contribution < -0.4 is 10.6 Å². The molecule has 0 saturated carbocycles. The molecule has 96 valence electrons. The average molecular weight is 242 g/mol. The lowest BCUT2D eigenvalue weighted by Crippen LogP contribution is -2.47. The third kappa shape index (κ3) is 1.38. The summed E-state index contributed by atoms with van der Waals surface area (Å²) < 4.78 is 0. The Morgan fingerprint density at radius 1 is 1.22 bits per heavy atom. The Morgan fingerprint density at radius 2 is 2.11 bits per heavy atom. The maximum Gasteiger partial charge on any atom is 0.0378 e. The fourth-order valence-corrected chi connectivity index (χ4v) is 4.42. The summed E-state index contributed by atoms with van der Waals surface area (Å²) in [7, 11) is 0. The first-order valence-corrected chi connectivity index (χ1v) is 7.39. The van der Waals surface area contributed by atoms with Gasteiger partial charge in [0.2, 0.25) is 0 Å². The molecule has 2 aliphatic carbocycles. The van der Waals surface area contributed by atoms with Gasteiger partial charge in [-0.05, 0) is 56.6 Å². The number of rotatable bonds is 0. The zero-order chi connectivity index (χ0) is 12.3. The molecule has 1 saturated heterocycles. The molecule has 4 rings (SSSR count). The molecule has 2 aliphatic heterocycles. The third-order valence-corrected chi connectivity index (χ3v) is 5.14. The lowest BCUT2D eigenvalue weighted by Gasteiger charge is -2.41. The van der Waals surface area contributed by atoms with Crippen molar-refractivity contribution in [3.05, 3.63) is 34.1 Å². The SMILES string of the molecule is CC1CC2=C3CCC=C4NCC(=C43)CC2C(C)N1. The largest absolute Gasteiger partial charge is 0.381 e. The van der Waals surface area contributed by atoms with Crippen LogP contribution in [0.1, 0.15) is 39.5 Å². The van der Waals surface area contributed by atoms with Crippen molar-refractivity contribution in [3.8, 4) is 0 Å². The standard InChI is InChI=1S/C16H22N2/c1-9-6-14-12-4-3-5-15-16(12)11(8-17-15)7-13(14)10(2)18-9/h5,9-10,13,17-18H,3-4,6-8H2,1-2H3. The van der Waals surface area contributed by atoms with Crippen LogP contribution in [0.25, 0.3) is 0 Å². The van der Waals surface area contributed by atoms with Gasteiger partial charge in [-0.15, -0.1) is 0 Å². The topological polar surface area (TPSA) is 24.1 Å². The van der Waals surface area contributed by atoms with E-state index in [1.54, 1.807) is 22.3 Å². The summed E-state index contributed by atoms with van der Waals surface area (Å²) in [4.78, 5) is 0. The summed E-state index contributed by atoms with van der Waals surface area (Å²) in [5.41, 5.74) is 8.23. The molecule has 2 heterocycles. The van der Waals surface area contributed by atoms with Crippen LogP contribution >= 0.6 is 0 Å². The Labute approximate surface area is 109 Å². The molecule has 0 radical (unpaired) electrons.